The second-order valence-electron chi connectivity index (χ2n) is 3.44. The van der Waals surface area contributed by atoms with E-state index in [1.807, 2.05) is 41.3 Å². The normalized spacial score (nSPS) is 10.1. The van der Waals surface area contributed by atoms with Gasteiger partial charge in [-0.1, -0.05) is 6.07 Å². The Morgan fingerprint density at radius 2 is 2.25 bits per heavy atom. The molecule has 0 aliphatic rings. The fraction of sp³-hybridized carbons (Fsp3) is 0.250. The average molecular weight is 217 g/mol. The highest BCUT2D eigenvalue weighted by Gasteiger charge is 1.99. The third-order valence-corrected chi connectivity index (χ3v) is 2.32. The lowest BCUT2D eigenvalue weighted by molar-refractivity contribution is 0.415. The van der Waals surface area contributed by atoms with Gasteiger partial charge in [-0.2, -0.15) is 5.10 Å². The summed E-state index contributed by atoms with van der Waals surface area (Å²) in [5.74, 6) is 0.841. The van der Waals surface area contributed by atoms with Crippen LogP contribution in [0.3, 0.4) is 0 Å². The number of rotatable bonds is 4. The summed E-state index contributed by atoms with van der Waals surface area (Å²) in [4.78, 5) is 0. The Morgan fingerprint density at radius 1 is 1.38 bits per heavy atom. The molecule has 2 aromatic rings. The molecule has 0 radical (unpaired) electrons. The molecule has 0 aliphatic carbocycles. The van der Waals surface area contributed by atoms with Crippen LogP contribution in [0.25, 0.3) is 0 Å². The van der Waals surface area contributed by atoms with E-state index >= 15 is 0 Å². The Bertz CT molecular complexity index is 465. The van der Waals surface area contributed by atoms with Gasteiger partial charge >= 0.3 is 0 Å². The number of hydrogen-bond donors (Lipinski definition) is 1. The number of anilines is 2. The standard InChI is InChI=1S/C12H15N3O/c1-3-15-9-11(8-13-15)14-10-5-4-6-12(7-10)16-2/h4-9,14H,3H2,1-2H3. The van der Waals surface area contributed by atoms with E-state index in [1.165, 1.54) is 0 Å². The smallest absolute Gasteiger partial charge is 0.120 e. The van der Waals surface area contributed by atoms with E-state index < -0.39 is 0 Å². The Hall–Kier alpha value is -1.97. The minimum Gasteiger partial charge on any atom is -0.497 e. The number of methoxy groups -OCH3 is 1. The van der Waals surface area contributed by atoms with E-state index in [2.05, 4.69) is 17.3 Å². The van der Waals surface area contributed by atoms with Crippen LogP contribution in [0.2, 0.25) is 0 Å². The first-order valence-corrected chi connectivity index (χ1v) is 5.25. The molecule has 0 fully saturated rings. The Labute approximate surface area is 94.9 Å². The van der Waals surface area contributed by atoms with Crippen molar-refractivity contribution in [2.75, 3.05) is 12.4 Å². The molecule has 0 aliphatic heterocycles. The molecule has 0 unspecified atom stereocenters. The second kappa shape index (κ2) is 4.70. The highest BCUT2D eigenvalue weighted by Crippen LogP contribution is 2.20. The van der Waals surface area contributed by atoms with E-state index in [4.69, 9.17) is 4.74 Å². The Balaban J connectivity index is 2.13. The summed E-state index contributed by atoms with van der Waals surface area (Å²) in [7, 11) is 1.66. The van der Waals surface area contributed by atoms with Crippen molar-refractivity contribution in [1.82, 2.24) is 9.78 Å². The fourth-order valence-corrected chi connectivity index (χ4v) is 1.47. The summed E-state index contributed by atoms with van der Waals surface area (Å²) < 4.78 is 7.04. The molecule has 84 valence electrons. The first-order valence-electron chi connectivity index (χ1n) is 5.25. The number of benzene rings is 1. The fourth-order valence-electron chi connectivity index (χ4n) is 1.47. The summed E-state index contributed by atoms with van der Waals surface area (Å²) in [6.07, 6.45) is 3.78. The van der Waals surface area contributed by atoms with E-state index in [-0.39, 0.29) is 0 Å². The van der Waals surface area contributed by atoms with Gasteiger partial charge in [-0.05, 0) is 19.1 Å². The highest BCUT2D eigenvalue weighted by atomic mass is 16.5. The summed E-state index contributed by atoms with van der Waals surface area (Å²) in [6, 6.07) is 7.81. The molecule has 1 aromatic heterocycles. The first-order chi connectivity index (χ1) is 7.81. The predicted octanol–water partition coefficient (Wildman–Crippen LogP) is 2.66. The number of nitrogens with zero attached hydrogens (tertiary/aromatic N) is 2. The number of ether oxygens (including phenoxy) is 1. The van der Waals surface area contributed by atoms with Gasteiger partial charge in [-0.15, -0.1) is 0 Å². The number of hydrogen-bond acceptors (Lipinski definition) is 3. The van der Waals surface area contributed by atoms with Crippen LogP contribution in [-0.2, 0) is 6.54 Å². The van der Waals surface area contributed by atoms with Crippen molar-refractivity contribution < 1.29 is 4.74 Å². The largest absolute Gasteiger partial charge is 0.497 e. The van der Waals surface area contributed by atoms with Crippen LogP contribution in [0.4, 0.5) is 11.4 Å². The minimum atomic E-state index is 0.841. The van der Waals surface area contributed by atoms with Crippen molar-refractivity contribution in [1.29, 1.82) is 0 Å². The van der Waals surface area contributed by atoms with Crippen LogP contribution in [0.15, 0.2) is 36.7 Å². The Morgan fingerprint density at radius 3 is 2.94 bits per heavy atom. The lowest BCUT2D eigenvalue weighted by Crippen LogP contribution is -1.93. The molecule has 0 atom stereocenters. The third kappa shape index (κ3) is 2.34. The maximum absolute atomic E-state index is 5.16. The highest BCUT2D eigenvalue weighted by molar-refractivity contribution is 5.59. The average Bonchev–Trinajstić information content (AvgIpc) is 2.77. The summed E-state index contributed by atoms with van der Waals surface area (Å²) >= 11 is 0. The SMILES string of the molecule is CCn1cc(Nc2cccc(OC)c2)cn1. The molecule has 1 heterocycles. The molecular weight excluding hydrogens is 202 g/mol. The van der Waals surface area contributed by atoms with Gasteiger partial charge in [0.15, 0.2) is 0 Å². The molecule has 0 saturated carbocycles. The number of aryl methyl sites for hydroxylation is 1. The predicted molar refractivity (Wildman–Crippen MR) is 64.2 cm³/mol. The molecule has 0 saturated heterocycles. The molecule has 1 N–H and O–H groups in total. The lowest BCUT2D eigenvalue weighted by Gasteiger charge is -2.05. The molecule has 0 amide bonds. The minimum absolute atomic E-state index is 0.841. The van der Waals surface area contributed by atoms with E-state index in [1.54, 1.807) is 7.11 Å². The van der Waals surface area contributed by atoms with E-state index in [0.29, 0.717) is 0 Å². The van der Waals surface area contributed by atoms with Crippen molar-refractivity contribution in [3.05, 3.63) is 36.7 Å². The van der Waals surface area contributed by atoms with Crippen LogP contribution < -0.4 is 10.1 Å². The van der Waals surface area contributed by atoms with Crippen LogP contribution in [0.1, 0.15) is 6.92 Å². The zero-order valence-corrected chi connectivity index (χ0v) is 9.47. The maximum atomic E-state index is 5.16. The van der Waals surface area contributed by atoms with E-state index in [0.717, 1.165) is 23.7 Å². The van der Waals surface area contributed by atoms with Crippen molar-refractivity contribution >= 4 is 11.4 Å². The zero-order valence-electron chi connectivity index (χ0n) is 9.47. The molecule has 1 aromatic carbocycles. The molecule has 4 nitrogen and oxygen atoms in total. The summed E-state index contributed by atoms with van der Waals surface area (Å²) in [6.45, 7) is 2.93. The molecular formula is C12H15N3O. The van der Waals surface area contributed by atoms with Gasteiger partial charge in [0.05, 0.1) is 19.0 Å². The van der Waals surface area contributed by atoms with Gasteiger partial charge < -0.3 is 10.1 Å². The molecule has 0 bridgehead atoms. The second-order valence-corrected chi connectivity index (χ2v) is 3.44. The van der Waals surface area contributed by atoms with Gasteiger partial charge in [-0.25, -0.2) is 0 Å². The van der Waals surface area contributed by atoms with Crippen LogP contribution in [0.5, 0.6) is 5.75 Å². The number of aromatic nitrogens is 2. The number of nitrogens with one attached hydrogen (secondary N) is 1. The monoisotopic (exact) mass is 217 g/mol. The molecule has 4 heteroatoms. The van der Waals surface area contributed by atoms with Gasteiger partial charge in [0.25, 0.3) is 0 Å². The van der Waals surface area contributed by atoms with Crippen molar-refractivity contribution in [2.24, 2.45) is 0 Å². The zero-order chi connectivity index (χ0) is 11.4. The van der Waals surface area contributed by atoms with Crippen LogP contribution >= 0.6 is 0 Å². The summed E-state index contributed by atoms with van der Waals surface area (Å²) in [5.41, 5.74) is 1.98. The molecule has 16 heavy (non-hydrogen) atoms. The van der Waals surface area contributed by atoms with Gasteiger partial charge in [0, 0.05) is 24.5 Å². The topological polar surface area (TPSA) is 39.1 Å². The summed E-state index contributed by atoms with van der Waals surface area (Å²) in [5, 5.41) is 7.47. The van der Waals surface area contributed by atoms with Crippen LogP contribution in [0, 0.1) is 0 Å². The quantitative estimate of drug-likeness (QED) is 0.855. The van der Waals surface area contributed by atoms with Gasteiger partial charge in [0.2, 0.25) is 0 Å². The maximum Gasteiger partial charge on any atom is 0.120 e. The third-order valence-electron chi connectivity index (χ3n) is 2.32. The molecule has 0 spiro atoms. The van der Waals surface area contributed by atoms with Crippen molar-refractivity contribution in [3.8, 4) is 5.75 Å². The van der Waals surface area contributed by atoms with Gasteiger partial charge in [-0.3, -0.25) is 4.68 Å². The van der Waals surface area contributed by atoms with Crippen LogP contribution in [-0.4, -0.2) is 16.9 Å². The van der Waals surface area contributed by atoms with Crippen molar-refractivity contribution in [3.63, 3.8) is 0 Å². The Kier molecular flexibility index (Phi) is 3.10. The molecule has 2 rings (SSSR count). The van der Waals surface area contributed by atoms with E-state index in [9.17, 15) is 0 Å². The van der Waals surface area contributed by atoms with Gasteiger partial charge in [0.1, 0.15) is 5.75 Å². The first kappa shape index (κ1) is 10.5. The van der Waals surface area contributed by atoms with Crippen molar-refractivity contribution in [2.45, 2.75) is 13.5 Å². The lowest BCUT2D eigenvalue weighted by atomic mass is 10.3.